The minimum absolute atomic E-state index is 0.110. The molecular formula is C21H28N4O3S. The van der Waals surface area contributed by atoms with E-state index in [2.05, 4.69) is 20.8 Å². The predicted molar refractivity (Wildman–Crippen MR) is 113 cm³/mol. The molecule has 29 heavy (non-hydrogen) atoms. The highest BCUT2D eigenvalue weighted by atomic mass is 32.1. The van der Waals surface area contributed by atoms with E-state index in [4.69, 9.17) is 4.74 Å². The number of methoxy groups -OCH3 is 1. The van der Waals surface area contributed by atoms with Gasteiger partial charge in [-0.3, -0.25) is 9.59 Å². The molecule has 1 fully saturated rings. The Balaban J connectivity index is 1.41. The molecule has 156 valence electrons. The first-order chi connectivity index (χ1) is 14.1. The number of nitrogens with zero attached hydrogens (tertiary/aromatic N) is 2. The van der Waals surface area contributed by atoms with E-state index in [1.807, 2.05) is 0 Å². The van der Waals surface area contributed by atoms with Crippen LogP contribution in [0.15, 0.2) is 24.3 Å². The number of anilines is 1. The van der Waals surface area contributed by atoms with Crippen LogP contribution in [0.2, 0.25) is 0 Å². The Labute approximate surface area is 175 Å². The Morgan fingerprint density at radius 1 is 1.10 bits per heavy atom. The third-order valence-corrected chi connectivity index (χ3v) is 6.01. The SMILES string of the molecule is COc1ccc(NC(=O)c2nnc(CCCC(=O)NC3CCCCCC3)s2)cc1. The second-order valence-corrected chi connectivity index (χ2v) is 8.36. The summed E-state index contributed by atoms with van der Waals surface area (Å²) < 4.78 is 5.10. The number of aryl methyl sites for hydroxylation is 1. The molecule has 1 aromatic heterocycles. The average Bonchev–Trinajstić information content (AvgIpc) is 3.05. The van der Waals surface area contributed by atoms with Crippen LogP contribution in [-0.2, 0) is 11.2 Å². The molecule has 1 aromatic carbocycles. The van der Waals surface area contributed by atoms with Crippen LogP contribution >= 0.6 is 11.3 Å². The minimum Gasteiger partial charge on any atom is -0.497 e. The summed E-state index contributed by atoms with van der Waals surface area (Å²) in [6, 6.07) is 7.43. The van der Waals surface area contributed by atoms with Crippen LogP contribution in [0.3, 0.4) is 0 Å². The summed E-state index contributed by atoms with van der Waals surface area (Å²) in [5.41, 5.74) is 0.669. The van der Waals surface area contributed by atoms with E-state index in [0.717, 1.165) is 23.6 Å². The predicted octanol–water partition coefficient (Wildman–Crippen LogP) is 3.96. The Kier molecular flexibility index (Phi) is 7.98. The van der Waals surface area contributed by atoms with Gasteiger partial charge in [-0.2, -0.15) is 0 Å². The summed E-state index contributed by atoms with van der Waals surface area (Å²) in [7, 11) is 1.59. The number of amides is 2. The largest absolute Gasteiger partial charge is 0.497 e. The number of benzene rings is 1. The lowest BCUT2D eigenvalue weighted by Crippen LogP contribution is -2.34. The molecule has 1 aliphatic carbocycles. The van der Waals surface area contributed by atoms with Gasteiger partial charge in [0.25, 0.3) is 5.91 Å². The quantitative estimate of drug-likeness (QED) is 0.635. The van der Waals surface area contributed by atoms with E-state index in [0.29, 0.717) is 36.0 Å². The van der Waals surface area contributed by atoms with Gasteiger partial charge in [0.05, 0.1) is 7.11 Å². The number of carbonyl (C=O) groups is 2. The molecule has 1 saturated carbocycles. The van der Waals surface area contributed by atoms with E-state index in [-0.39, 0.29) is 11.8 Å². The molecule has 2 amide bonds. The fraction of sp³-hybridized carbons (Fsp3) is 0.524. The average molecular weight is 417 g/mol. The minimum atomic E-state index is -0.287. The standard InChI is InChI=1S/C21H28N4O3S/c1-28-17-13-11-16(12-14-17)23-20(27)21-25-24-19(29-21)10-6-9-18(26)22-15-7-4-2-3-5-8-15/h11-15H,2-10H2,1H3,(H,22,26)(H,23,27). The monoisotopic (exact) mass is 416 g/mol. The third-order valence-electron chi connectivity index (χ3n) is 5.02. The van der Waals surface area contributed by atoms with Crippen molar-refractivity contribution in [3.8, 4) is 5.75 Å². The van der Waals surface area contributed by atoms with Crippen molar-refractivity contribution in [2.24, 2.45) is 0 Å². The molecule has 0 radical (unpaired) electrons. The van der Waals surface area contributed by atoms with Crippen LogP contribution in [0.5, 0.6) is 5.75 Å². The molecule has 0 aliphatic heterocycles. The van der Waals surface area contributed by atoms with Crippen molar-refractivity contribution in [1.82, 2.24) is 15.5 Å². The first-order valence-corrected chi connectivity index (χ1v) is 11.0. The first kappa shape index (κ1) is 21.2. The van der Waals surface area contributed by atoms with Gasteiger partial charge in [0.1, 0.15) is 10.8 Å². The van der Waals surface area contributed by atoms with Crippen LogP contribution in [0, 0.1) is 0 Å². The highest BCUT2D eigenvalue weighted by molar-refractivity contribution is 7.13. The molecule has 0 atom stereocenters. The highest BCUT2D eigenvalue weighted by Gasteiger charge is 2.16. The van der Waals surface area contributed by atoms with Crippen LogP contribution in [0.1, 0.15) is 66.2 Å². The van der Waals surface area contributed by atoms with Crippen molar-refractivity contribution in [1.29, 1.82) is 0 Å². The van der Waals surface area contributed by atoms with Gasteiger partial charge in [-0.15, -0.1) is 10.2 Å². The molecule has 1 heterocycles. The van der Waals surface area contributed by atoms with Gasteiger partial charge in [-0.25, -0.2) is 0 Å². The third kappa shape index (κ3) is 6.81. The summed E-state index contributed by atoms with van der Waals surface area (Å²) in [6.45, 7) is 0. The second-order valence-electron chi connectivity index (χ2n) is 7.29. The van der Waals surface area contributed by atoms with Crippen molar-refractivity contribution >= 4 is 28.8 Å². The number of nitrogens with one attached hydrogen (secondary N) is 2. The lowest BCUT2D eigenvalue weighted by Gasteiger charge is -2.15. The second kappa shape index (κ2) is 10.9. The fourth-order valence-electron chi connectivity index (χ4n) is 3.43. The van der Waals surface area contributed by atoms with Gasteiger partial charge in [0.15, 0.2) is 0 Å². The van der Waals surface area contributed by atoms with Gasteiger partial charge in [0, 0.05) is 24.6 Å². The summed E-state index contributed by atoms with van der Waals surface area (Å²) in [4.78, 5) is 24.5. The van der Waals surface area contributed by atoms with Gasteiger partial charge >= 0.3 is 0 Å². The topological polar surface area (TPSA) is 93.2 Å². The number of rotatable bonds is 8. The molecule has 0 saturated heterocycles. The Hall–Kier alpha value is -2.48. The summed E-state index contributed by atoms with van der Waals surface area (Å²) in [5, 5.41) is 15.1. The van der Waals surface area contributed by atoms with Crippen molar-refractivity contribution in [3.63, 3.8) is 0 Å². The van der Waals surface area contributed by atoms with E-state index in [1.165, 1.54) is 37.0 Å². The smallest absolute Gasteiger partial charge is 0.286 e. The molecule has 0 unspecified atom stereocenters. The van der Waals surface area contributed by atoms with E-state index in [9.17, 15) is 9.59 Å². The van der Waals surface area contributed by atoms with Crippen LogP contribution in [0.4, 0.5) is 5.69 Å². The fourth-order valence-corrected chi connectivity index (χ4v) is 4.21. The summed E-state index contributed by atoms with van der Waals surface area (Å²) in [5.74, 6) is 0.549. The molecule has 2 N–H and O–H groups in total. The molecule has 8 heteroatoms. The molecular weight excluding hydrogens is 388 g/mol. The van der Waals surface area contributed by atoms with Gasteiger partial charge in [0.2, 0.25) is 10.9 Å². The molecule has 0 spiro atoms. The maximum atomic E-state index is 12.3. The van der Waals surface area contributed by atoms with E-state index >= 15 is 0 Å². The number of hydrogen-bond donors (Lipinski definition) is 2. The number of hydrogen-bond acceptors (Lipinski definition) is 6. The lowest BCUT2D eigenvalue weighted by atomic mass is 10.1. The van der Waals surface area contributed by atoms with Gasteiger partial charge in [-0.1, -0.05) is 37.0 Å². The van der Waals surface area contributed by atoms with E-state index < -0.39 is 0 Å². The van der Waals surface area contributed by atoms with Crippen molar-refractivity contribution in [3.05, 3.63) is 34.3 Å². The Bertz CT molecular complexity index is 799. The molecule has 0 bridgehead atoms. The first-order valence-electron chi connectivity index (χ1n) is 10.2. The van der Waals surface area contributed by atoms with Gasteiger partial charge in [-0.05, 0) is 43.5 Å². The van der Waals surface area contributed by atoms with E-state index in [1.54, 1.807) is 31.4 Å². The zero-order valence-electron chi connectivity index (χ0n) is 16.8. The summed E-state index contributed by atoms with van der Waals surface area (Å²) >= 11 is 1.27. The maximum Gasteiger partial charge on any atom is 0.286 e. The van der Waals surface area contributed by atoms with Gasteiger partial charge < -0.3 is 15.4 Å². The van der Waals surface area contributed by atoms with Crippen molar-refractivity contribution in [2.45, 2.75) is 63.8 Å². The normalized spacial score (nSPS) is 14.8. The Morgan fingerprint density at radius 2 is 1.83 bits per heavy atom. The highest BCUT2D eigenvalue weighted by Crippen LogP contribution is 2.19. The number of ether oxygens (including phenoxy) is 1. The van der Waals surface area contributed by atoms with Crippen LogP contribution in [0.25, 0.3) is 0 Å². The molecule has 7 nitrogen and oxygen atoms in total. The zero-order valence-corrected chi connectivity index (χ0v) is 17.6. The number of aromatic nitrogens is 2. The van der Waals surface area contributed by atoms with Crippen molar-refractivity contribution < 1.29 is 14.3 Å². The zero-order chi connectivity index (χ0) is 20.5. The molecule has 3 rings (SSSR count). The Morgan fingerprint density at radius 3 is 2.52 bits per heavy atom. The summed E-state index contributed by atoms with van der Waals surface area (Å²) in [6.07, 6.45) is 8.97. The number of carbonyl (C=O) groups excluding carboxylic acids is 2. The molecule has 1 aliphatic rings. The maximum absolute atomic E-state index is 12.3. The van der Waals surface area contributed by atoms with Crippen LogP contribution < -0.4 is 15.4 Å². The lowest BCUT2D eigenvalue weighted by molar-refractivity contribution is -0.121. The molecule has 2 aromatic rings. The van der Waals surface area contributed by atoms with Crippen molar-refractivity contribution in [2.75, 3.05) is 12.4 Å². The van der Waals surface area contributed by atoms with Crippen LogP contribution in [-0.4, -0.2) is 35.2 Å².